The molecule has 7 heteroatoms. The van der Waals surface area contributed by atoms with Crippen molar-refractivity contribution in [3.8, 4) is 0 Å². The lowest BCUT2D eigenvalue weighted by Crippen LogP contribution is -2.24. The second kappa shape index (κ2) is 5.05. The van der Waals surface area contributed by atoms with Crippen molar-refractivity contribution in [1.82, 2.24) is 20.5 Å². The third-order valence-electron chi connectivity index (χ3n) is 2.46. The zero-order chi connectivity index (χ0) is 13.1. The zero-order valence-electron chi connectivity index (χ0n) is 9.70. The van der Waals surface area contributed by atoms with Crippen LogP contribution in [0.15, 0.2) is 18.3 Å². The summed E-state index contributed by atoms with van der Waals surface area (Å²) in [5, 5.41) is 9.63. The van der Waals surface area contributed by atoms with Crippen molar-refractivity contribution in [2.24, 2.45) is 0 Å². The van der Waals surface area contributed by atoms with Crippen LogP contribution in [0.5, 0.6) is 0 Å². The maximum Gasteiger partial charge on any atom is 0.271 e. The Morgan fingerprint density at radius 1 is 1.56 bits per heavy atom. The van der Waals surface area contributed by atoms with Crippen molar-refractivity contribution in [2.45, 2.75) is 13.5 Å². The molecule has 0 saturated carbocycles. The maximum absolute atomic E-state index is 11.9. The van der Waals surface area contributed by atoms with E-state index in [0.29, 0.717) is 6.54 Å². The predicted octanol–water partition coefficient (Wildman–Crippen LogP) is 1.28. The van der Waals surface area contributed by atoms with E-state index in [2.05, 4.69) is 20.5 Å². The van der Waals surface area contributed by atoms with Crippen molar-refractivity contribution >= 4 is 23.3 Å². The Hall–Kier alpha value is -2.08. The Kier molecular flexibility index (Phi) is 3.47. The van der Waals surface area contributed by atoms with Gasteiger partial charge in [0.25, 0.3) is 5.91 Å². The highest BCUT2D eigenvalue weighted by molar-refractivity contribution is 6.33. The lowest BCUT2D eigenvalue weighted by molar-refractivity contribution is 0.0946. The molecule has 6 nitrogen and oxygen atoms in total. The number of aromatic amines is 1. The number of aromatic nitrogens is 3. The number of carbonyl (C=O) groups excluding carboxylic acids is 1. The number of pyridine rings is 1. The number of carbonyl (C=O) groups is 1. The first-order chi connectivity index (χ1) is 8.58. The number of H-pyrrole nitrogens is 1. The van der Waals surface area contributed by atoms with Crippen molar-refractivity contribution in [2.75, 3.05) is 5.73 Å². The fourth-order valence-corrected chi connectivity index (χ4v) is 1.62. The Balaban J connectivity index is 2.08. The average molecular weight is 266 g/mol. The van der Waals surface area contributed by atoms with Gasteiger partial charge in [-0.15, -0.1) is 0 Å². The molecule has 2 aromatic heterocycles. The summed E-state index contributed by atoms with van der Waals surface area (Å²) in [4.78, 5) is 15.8. The van der Waals surface area contributed by atoms with E-state index >= 15 is 0 Å². The average Bonchev–Trinajstić information content (AvgIpc) is 2.75. The molecule has 0 aliphatic heterocycles. The molecule has 0 aliphatic rings. The summed E-state index contributed by atoms with van der Waals surface area (Å²) in [7, 11) is 0. The van der Waals surface area contributed by atoms with Gasteiger partial charge in [0.05, 0.1) is 11.2 Å². The van der Waals surface area contributed by atoms with Crippen molar-refractivity contribution in [3.63, 3.8) is 0 Å². The predicted molar refractivity (Wildman–Crippen MR) is 68.2 cm³/mol. The molecule has 18 heavy (non-hydrogen) atoms. The summed E-state index contributed by atoms with van der Waals surface area (Å²) < 4.78 is 0. The largest absolute Gasteiger partial charge is 0.384 e. The quantitative estimate of drug-likeness (QED) is 0.779. The summed E-state index contributed by atoms with van der Waals surface area (Å²) in [6.07, 6.45) is 1.66. The Labute approximate surface area is 109 Å². The van der Waals surface area contributed by atoms with Crippen molar-refractivity contribution in [3.05, 3.63) is 40.3 Å². The summed E-state index contributed by atoms with van der Waals surface area (Å²) in [6.45, 7) is 2.23. The molecule has 0 bridgehead atoms. The van der Waals surface area contributed by atoms with E-state index < -0.39 is 0 Å². The number of rotatable bonds is 3. The molecule has 94 valence electrons. The van der Waals surface area contributed by atoms with E-state index in [1.807, 2.05) is 6.92 Å². The summed E-state index contributed by atoms with van der Waals surface area (Å²) in [5.74, 6) is -0.114. The molecule has 0 atom stereocenters. The molecule has 2 heterocycles. The minimum Gasteiger partial charge on any atom is -0.384 e. The van der Waals surface area contributed by atoms with Gasteiger partial charge in [0.15, 0.2) is 0 Å². The summed E-state index contributed by atoms with van der Waals surface area (Å²) in [6, 6.07) is 3.08. The topological polar surface area (TPSA) is 96.7 Å². The Morgan fingerprint density at radius 3 is 3.00 bits per heavy atom. The Morgan fingerprint density at radius 2 is 2.33 bits per heavy atom. The molecule has 0 unspecified atom stereocenters. The van der Waals surface area contributed by atoms with Gasteiger partial charge in [-0.1, -0.05) is 11.6 Å². The number of nitrogens with zero attached hydrogens (tertiary/aromatic N) is 2. The van der Waals surface area contributed by atoms with E-state index in [0.717, 1.165) is 11.3 Å². The number of amides is 1. The number of nitrogen functional groups attached to an aromatic ring is 1. The molecule has 0 fully saturated rings. The smallest absolute Gasteiger partial charge is 0.271 e. The molecule has 0 spiro atoms. The fraction of sp³-hybridized carbons (Fsp3) is 0.182. The molecule has 2 aromatic rings. The number of nitrogens with one attached hydrogen (secondary N) is 2. The lowest BCUT2D eigenvalue weighted by Gasteiger charge is -2.06. The fourth-order valence-electron chi connectivity index (χ4n) is 1.43. The molecule has 0 saturated heterocycles. The van der Waals surface area contributed by atoms with Gasteiger partial charge in [0.2, 0.25) is 0 Å². The van der Waals surface area contributed by atoms with Crippen LogP contribution in [0.1, 0.15) is 21.7 Å². The maximum atomic E-state index is 11.9. The molecule has 2 rings (SSSR count). The SMILES string of the molecule is Cc1[nH]ncc1CNC(=O)c1nc(N)ccc1Cl. The van der Waals surface area contributed by atoms with Crippen LogP contribution in [0.25, 0.3) is 0 Å². The summed E-state index contributed by atoms with van der Waals surface area (Å²) >= 11 is 5.89. The molecular weight excluding hydrogens is 254 g/mol. The monoisotopic (exact) mass is 265 g/mol. The van der Waals surface area contributed by atoms with Crippen LogP contribution in [0.4, 0.5) is 5.82 Å². The van der Waals surface area contributed by atoms with Crippen LogP contribution in [0.2, 0.25) is 5.02 Å². The van der Waals surface area contributed by atoms with Gasteiger partial charge < -0.3 is 11.1 Å². The molecular formula is C11H12ClN5O. The van der Waals surface area contributed by atoms with Gasteiger partial charge in [-0.05, 0) is 19.1 Å². The standard InChI is InChI=1S/C11H12ClN5O/c1-6-7(5-15-17-6)4-14-11(18)10-8(12)2-3-9(13)16-10/h2-3,5H,4H2,1H3,(H2,13,16)(H,14,18)(H,15,17). The second-order valence-corrected chi connectivity index (χ2v) is 4.18. The van der Waals surface area contributed by atoms with Crippen LogP contribution >= 0.6 is 11.6 Å². The minimum absolute atomic E-state index is 0.123. The number of hydrogen-bond donors (Lipinski definition) is 3. The first kappa shape index (κ1) is 12.4. The van der Waals surface area contributed by atoms with E-state index in [4.69, 9.17) is 17.3 Å². The van der Waals surface area contributed by atoms with Gasteiger partial charge in [0, 0.05) is 17.8 Å². The lowest BCUT2D eigenvalue weighted by atomic mass is 10.2. The molecule has 1 amide bonds. The first-order valence-corrected chi connectivity index (χ1v) is 5.65. The summed E-state index contributed by atoms with van der Waals surface area (Å²) in [5.41, 5.74) is 7.45. The van der Waals surface area contributed by atoms with E-state index in [9.17, 15) is 4.79 Å². The van der Waals surface area contributed by atoms with Gasteiger partial charge in [0.1, 0.15) is 11.5 Å². The van der Waals surface area contributed by atoms with Gasteiger partial charge in [-0.3, -0.25) is 9.89 Å². The van der Waals surface area contributed by atoms with Crippen molar-refractivity contribution < 1.29 is 4.79 Å². The highest BCUT2D eigenvalue weighted by Gasteiger charge is 2.13. The van der Waals surface area contributed by atoms with Crippen molar-refractivity contribution in [1.29, 1.82) is 0 Å². The van der Waals surface area contributed by atoms with Gasteiger partial charge in [-0.2, -0.15) is 5.10 Å². The highest BCUT2D eigenvalue weighted by atomic mass is 35.5. The van der Waals surface area contributed by atoms with E-state index in [-0.39, 0.29) is 22.4 Å². The van der Waals surface area contributed by atoms with E-state index in [1.165, 1.54) is 0 Å². The normalized spacial score (nSPS) is 10.3. The third-order valence-corrected chi connectivity index (χ3v) is 2.76. The number of halogens is 1. The van der Waals surface area contributed by atoms with Crippen LogP contribution in [-0.4, -0.2) is 21.1 Å². The second-order valence-electron chi connectivity index (χ2n) is 3.77. The van der Waals surface area contributed by atoms with Crippen LogP contribution in [0.3, 0.4) is 0 Å². The number of aryl methyl sites for hydroxylation is 1. The third kappa shape index (κ3) is 2.60. The molecule has 0 radical (unpaired) electrons. The van der Waals surface area contributed by atoms with E-state index in [1.54, 1.807) is 18.3 Å². The van der Waals surface area contributed by atoms with Crippen LogP contribution in [0, 0.1) is 6.92 Å². The minimum atomic E-state index is -0.368. The van der Waals surface area contributed by atoms with Gasteiger partial charge >= 0.3 is 0 Å². The van der Waals surface area contributed by atoms with Crippen LogP contribution < -0.4 is 11.1 Å². The first-order valence-electron chi connectivity index (χ1n) is 5.27. The van der Waals surface area contributed by atoms with Gasteiger partial charge in [-0.25, -0.2) is 4.98 Å². The molecule has 0 aromatic carbocycles. The Bertz CT molecular complexity index is 581. The number of anilines is 1. The van der Waals surface area contributed by atoms with Crippen LogP contribution in [-0.2, 0) is 6.54 Å². The molecule has 0 aliphatic carbocycles. The zero-order valence-corrected chi connectivity index (χ0v) is 10.5. The number of hydrogen-bond acceptors (Lipinski definition) is 4. The highest BCUT2D eigenvalue weighted by Crippen LogP contribution is 2.15. The number of nitrogens with two attached hydrogens (primary N) is 1. The molecule has 4 N–H and O–H groups in total.